The Hall–Kier alpha value is -3.88. The van der Waals surface area contributed by atoms with E-state index in [-0.39, 0.29) is 28.3 Å². The molecule has 2 amide bonds. The molecule has 4 N–H and O–H groups in total. The van der Waals surface area contributed by atoms with Gasteiger partial charge in [0.05, 0.1) is 30.4 Å². The number of amides is 2. The average Bonchev–Trinajstić information content (AvgIpc) is 3.26. The summed E-state index contributed by atoms with van der Waals surface area (Å²) in [6.07, 6.45) is 1.55. The lowest BCUT2D eigenvalue weighted by Gasteiger charge is -2.22. The Morgan fingerprint density at radius 1 is 1.06 bits per heavy atom. The molecule has 9 heteroatoms. The summed E-state index contributed by atoms with van der Waals surface area (Å²) in [5.41, 5.74) is 10.0. The van der Waals surface area contributed by atoms with Crippen molar-refractivity contribution in [3.05, 3.63) is 58.9 Å². The summed E-state index contributed by atoms with van der Waals surface area (Å²) in [4.78, 5) is 25.7. The zero-order valence-electron chi connectivity index (χ0n) is 22.3. The molecule has 2 aromatic carbocycles. The zero-order valence-corrected chi connectivity index (χ0v) is 22.3. The van der Waals surface area contributed by atoms with Gasteiger partial charge in [-0.1, -0.05) is 52.8 Å². The summed E-state index contributed by atoms with van der Waals surface area (Å²) in [6.45, 7) is 14.7. The topological polar surface area (TPSA) is 124 Å². The molecular formula is C27H36N6O3. The molecule has 0 bridgehead atoms. The van der Waals surface area contributed by atoms with Crippen LogP contribution in [-0.2, 0) is 5.41 Å². The van der Waals surface area contributed by atoms with E-state index in [0.717, 1.165) is 11.1 Å². The highest BCUT2D eigenvalue weighted by atomic mass is 16.5. The van der Waals surface area contributed by atoms with E-state index < -0.39 is 0 Å². The first-order valence-electron chi connectivity index (χ1n) is 11.8. The van der Waals surface area contributed by atoms with Gasteiger partial charge in [-0.2, -0.15) is 0 Å². The molecule has 0 radical (unpaired) electrons. The van der Waals surface area contributed by atoms with Crippen LogP contribution in [0.2, 0.25) is 0 Å². The molecule has 0 aliphatic rings. The molecule has 0 aliphatic carbocycles. The standard InChI is InChI=1S/C27H36N6O3/c1-16-9-10-17(11-22(16)33-14-21(31-32-33)25(35)29-15-26(2,3)4)24(34)30-20-13-18(27(5,6)7)12-19(28)23(20)36-8/h9-14H,15,28H2,1-8H3,(H,29,35)(H,30,34). The van der Waals surface area contributed by atoms with Gasteiger partial charge in [0, 0.05) is 12.1 Å². The van der Waals surface area contributed by atoms with Crippen LogP contribution in [0.4, 0.5) is 11.4 Å². The van der Waals surface area contributed by atoms with Crippen LogP contribution in [0, 0.1) is 12.3 Å². The Balaban J connectivity index is 1.88. The maximum absolute atomic E-state index is 13.2. The van der Waals surface area contributed by atoms with Gasteiger partial charge in [0.25, 0.3) is 11.8 Å². The van der Waals surface area contributed by atoms with Crippen LogP contribution >= 0.6 is 0 Å². The van der Waals surface area contributed by atoms with Crippen molar-refractivity contribution < 1.29 is 14.3 Å². The molecule has 0 saturated heterocycles. The van der Waals surface area contributed by atoms with Crippen molar-refractivity contribution >= 4 is 23.2 Å². The SMILES string of the molecule is COc1c(N)cc(C(C)(C)C)cc1NC(=O)c1ccc(C)c(-n2cc(C(=O)NCC(C)(C)C)nn2)c1. The van der Waals surface area contributed by atoms with E-state index in [1.165, 1.54) is 11.8 Å². The normalized spacial score (nSPS) is 11.8. The number of rotatable bonds is 6. The molecule has 192 valence electrons. The first-order chi connectivity index (χ1) is 16.7. The highest BCUT2D eigenvalue weighted by molar-refractivity contribution is 6.06. The van der Waals surface area contributed by atoms with Crippen LogP contribution in [0.15, 0.2) is 36.5 Å². The summed E-state index contributed by atoms with van der Waals surface area (Å²) >= 11 is 0. The summed E-state index contributed by atoms with van der Waals surface area (Å²) in [6, 6.07) is 8.99. The monoisotopic (exact) mass is 492 g/mol. The van der Waals surface area contributed by atoms with Crippen LogP contribution in [-0.4, -0.2) is 40.5 Å². The number of hydrogen-bond acceptors (Lipinski definition) is 6. The van der Waals surface area contributed by atoms with E-state index in [9.17, 15) is 9.59 Å². The number of anilines is 2. The van der Waals surface area contributed by atoms with Gasteiger partial charge < -0.3 is 21.1 Å². The fourth-order valence-electron chi connectivity index (χ4n) is 3.52. The van der Waals surface area contributed by atoms with Gasteiger partial charge in [-0.15, -0.1) is 5.10 Å². The second-order valence-corrected chi connectivity index (χ2v) is 11.1. The second kappa shape index (κ2) is 10.0. The summed E-state index contributed by atoms with van der Waals surface area (Å²) < 4.78 is 6.96. The van der Waals surface area contributed by atoms with Gasteiger partial charge in [0.2, 0.25) is 0 Å². The number of nitrogens with one attached hydrogen (secondary N) is 2. The molecule has 3 rings (SSSR count). The van der Waals surface area contributed by atoms with Crippen molar-refractivity contribution in [2.75, 3.05) is 24.7 Å². The van der Waals surface area contributed by atoms with Gasteiger partial charge in [0.1, 0.15) is 0 Å². The van der Waals surface area contributed by atoms with Crippen LogP contribution in [0.3, 0.4) is 0 Å². The summed E-state index contributed by atoms with van der Waals surface area (Å²) in [5, 5.41) is 13.9. The Bertz CT molecular complexity index is 1280. The first kappa shape index (κ1) is 26.7. The van der Waals surface area contributed by atoms with Crippen LogP contribution < -0.4 is 21.1 Å². The Labute approximate surface area is 212 Å². The molecule has 0 aliphatic heterocycles. The lowest BCUT2D eigenvalue weighted by Crippen LogP contribution is -2.32. The smallest absolute Gasteiger partial charge is 0.273 e. The number of aromatic nitrogens is 3. The second-order valence-electron chi connectivity index (χ2n) is 11.1. The fraction of sp³-hybridized carbons (Fsp3) is 0.407. The van der Waals surface area contributed by atoms with Gasteiger partial charge in [0.15, 0.2) is 11.4 Å². The minimum absolute atomic E-state index is 0.0519. The number of nitrogens with two attached hydrogens (primary N) is 1. The van der Waals surface area contributed by atoms with Gasteiger partial charge >= 0.3 is 0 Å². The van der Waals surface area contributed by atoms with E-state index in [0.29, 0.717) is 34.9 Å². The number of ether oxygens (including phenoxy) is 1. The molecule has 1 heterocycles. The number of carbonyl (C=O) groups excluding carboxylic acids is 2. The molecule has 9 nitrogen and oxygen atoms in total. The Kier molecular flexibility index (Phi) is 7.43. The lowest BCUT2D eigenvalue weighted by atomic mass is 9.86. The molecule has 0 unspecified atom stereocenters. The van der Waals surface area contributed by atoms with Gasteiger partial charge in [-0.25, -0.2) is 4.68 Å². The summed E-state index contributed by atoms with van der Waals surface area (Å²) in [7, 11) is 1.52. The highest BCUT2D eigenvalue weighted by Crippen LogP contribution is 2.37. The third kappa shape index (κ3) is 6.21. The van der Waals surface area contributed by atoms with Crippen molar-refractivity contribution in [3.8, 4) is 11.4 Å². The minimum atomic E-state index is -0.330. The van der Waals surface area contributed by atoms with Crippen LogP contribution in [0.5, 0.6) is 5.75 Å². The number of hydrogen-bond donors (Lipinski definition) is 3. The van der Waals surface area contributed by atoms with Crippen molar-refractivity contribution in [2.24, 2.45) is 5.41 Å². The maximum atomic E-state index is 13.2. The number of benzene rings is 2. The van der Waals surface area contributed by atoms with Crippen LogP contribution in [0.1, 0.15) is 73.5 Å². The predicted molar refractivity (Wildman–Crippen MR) is 142 cm³/mol. The number of aryl methyl sites for hydroxylation is 1. The third-order valence-corrected chi connectivity index (χ3v) is 5.66. The lowest BCUT2D eigenvalue weighted by molar-refractivity contribution is 0.0933. The fourth-order valence-corrected chi connectivity index (χ4v) is 3.52. The largest absolute Gasteiger partial charge is 0.492 e. The van der Waals surface area contributed by atoms with E-state index >= 15 is 0 Å². The quantitative estimate of drug-likeness (QED) is 0.436. The van der Waals surface area contributed by atoms with E-state index in [1.54, 1.807) is 18.3 Å². The van der Waals surface area contributed by atoms with Crippen LogP contribution in [0.25, 0.3) is 5.69 Å². The first-order valence-corrected chi connectivity index (χ1v) is 11.8. The van der Waals surface area contributed by atoms with Crippen molar-refractivity contribution in [3.63, 3.8) is 0 Å². The minimum Gasteiger partial charge on any atom is -0.492 e. The molecule has 0 atom stereocenters. The van der Waals surface area contributed by atoms with E-state index in [4.69, 9.17) is 10.5 Å². The van der Waals surface area contributed by atoms with Gasteiger partial charge in [-0.05, 0) is 53.1 Å². The van der Waals surface area contributed by atoms with Crippen molar-refractivity contribution in [1.82, 2.24) is 20.3 Å². The Morgan fingerprint density at radius 2 is 1.75 bits per heavy atom. The molecule has 36 heavy (non-hydrogen) atoms. The molecule has 0 saturated carbocycles. The average molecular weight is 493 g/mol. The predicted octanol–water partition coefficient (Wildman–Crippen LogP) is 4.49. The maximum Gasteiger partial charge on any atom is 0.273 e. The number of nitrogen functional groups attached to an aromatic ring is 1. The third-order valence-electron chi connectivity index (χ3n) is 5.66. The molecular weight excluding hydrogens is 456 g/mol. The molecule has 0 fully saturated rings. The Morgan fingerprint density at radius 3 is 2.36 bits per heavy atom. The molecule has 3 aromatic rings. The molecule has 0 spiro atoms. The molecule has 1 aromatic heterocycles. The van der Waals surface area contributed by atoms with Gasteiger partial charge in [-0.3, -0.25) is 9.59 Å². The highest BCUT2D eigenvalue weighted by Gasteiger charge is 2.21. The summed E-state index contributed by atoms with van der Waals surface area (Å²) in [5.74, 6) is -0.222. The number of nitrogens with zero attached hydrogens (tertiary/aromatic N) is 3. The zero-order chi connectivity index (χ0) is 26.8. The van der Waals surface area contributed by atoms with Crippen molar-refractivity contribution in [2.45, 2.75) is 53.9 Å². The van der Waals surface area contributed by atoms with E-state index in [2.05, 4.69) is 41.7 Å². The van der Waals surface area contributed by atoms with E-state index in [1.807, 2.05) is 45.9 Å². The number of methoxy groups -OCH3 is 1. The van der Waals surface area contributed by atoms with Crippen molar-refractivity contribution in [1.29, 1.82) is 0 Å². The number of carbonyl (C=O) groups is 2.